The van der Waals surface area contributed by atoms with Gasteiger partial charge in [-0.2, -0.15) is 5.10 Å². The summed E-state index contributed by atoms with van der Waals surface area (Å²) in [4.78, 5) is 15.6. The fourth-order valence-electron chi connectivity index (χ4n) is 4.75. The number of amides is 1. The quantitative estimate of drug-likeness (QED) is 0.248. The molecule has 38 heavy (non-hydrogen) atoms. The summed E-state index contributed by atoms with van der Waals surface area (Å²) < 4.78 is 28.6. The van der Waals surface area contributed by atoms with Crippen LogP contribution in [0, 0.1) is 5.82 Å². The summed E-state index contributed by atoms with van der Waals surface area (Å²) in [5, 5.41) is 4.92. The molecule has 0 unspecified atom stereocenters. The Morgan fingerprint density at radius 2 is 1.74 bits per heavy atom. The Morgan fingerprint density at radius 3 is 2.39 bits per heavy atom. The third-order valence-electron chi connectivity index (χ3n) is 6.66. The van der Waals surface area contributed by atoms with E-state index in [1.165, 1.54) is 6.07 Å². The molecule has 0 bridgehead atoms. The Bertz CT molecular complexity index is 1370. The van der Waals surface area contributed by atoms with Crippen LogP contribution in [0.15, 0.2) is 84.9 Å². The van der Waals surface area contributed by atoms with Crippen molar-refractivity contribution in [2.45, 2.75) is 45.3 Å². The lowest BCUT2D eigenvalue weighted by molar-refractivity contribution is 0.0505. The second-order valence-corrected chi connectivity index (χ2v) is 9.79. The molecule has 6 nitrogen and oxygen atoms in total. The first kappa shape index (κ1) is 25.7. The number of para-hydroxylation sites is 2. The van der Waals surface area contributed by atoms with Gasteiger partial charge in [0.25, 0.3) is 5.91 Å². The topological polar surface area (TPSA) is 56.6 Å². The molecule has 1 atom stereocenters. The first-order valence-electron chi connectivity index (χ1n) is 13.1. The van der Waals surface area contributed by atoms with Crippen molar-refractivity contribution in [3.8, 4) is 17.3 Å². The second-order valence-electron chi connectivity index (χ2n) is 9.79. The van der Waals surface area contributed by atoms with E-state index in [0.717, 1.165) is 29.8 Å². The summed E-state index contributed by atoms with van der Waals surface area (Å²) in [5.41, 5.74) is 2.92. The minimum atomic E-state index is -0.470. The number of rotatable bonds is 9. The minimum absolute atomic E-state index is 0.0364. The van der Waals surface area contributed by atoms with Crippen LogP contribution in [0.3, 0.4) is 0 Å². The molecule has 0 radical (unpaired) electrons. The van der Waals surface area contributed by atoms with E-state index in [-0.39, 0.29) is 30.2 Å². The molecule has 2 heterocycles. The Hall–Kier alpha value is -3.97. The van der Waals surface area contributed by atoms with Gasteiger partial charge in [-0.3, -0.25) is 4.79 Å². The molecule has 1 amide bonds. The maximum Gasteiger partial charge on any atom is 0.254 e. The summed E-state index contributed by atoms with van der Waals surface area (Å²) in [5.74, 6) is -0.0409. The molecule has 1 aliphatic heterocycles. The number of ether oxygens (including phenoxy) is 2. The van der Waals surface area contributed by atoms with Crippen LogP contribution in [0.4, 0.5) is 4.39 Å². The van der Waals surface area contributed by atoms with Gasteiger partial charge in [-0.25, -0.2) is 9.07 Å². The van der Waals surface area contributed by atoms with E-state index in [0.29, 0.717) is 24.6 Å². The summed E-state index contributed by atoms with van der Waals surface area (Å²) in [6.45, 7) is 5.50. The molecular formula is C31H32FN3O3. The standard InChI is InChI=1S/C31H32FN3O3/c1-22(2)29-26(21-34(20-25-16-11-19-37-25)30(36)23-12-5-3-6-13-23)31(38-28-18-10-9-17-27(28)32)35(33-29)24-14-7-4-8-15-24/h3-10,12-15,17-18,22,25H,11,16,19-21H2,1-2H3/t25-/m0/s1. The van der Waals surface area contributed by atoms with Crippen LogP contribution >= 0.6 is 0 Å². The van der Waals surface area contributed by atoms with Gasteiger partial charge in [0, 0.05) is 18.7 Å². The molecule has 3 aromatic carbocycles. The van der Waals surface area contributed by atoms with Crippen molar-refractivity contribution < 1.29 is 18.7 Å². The van der Waals surface area contributed by atoms with E-state index >= 15 is 0 Å². The van der Waals surface area contributed by atoms with Crippen LogP contribution in [0.5, 0.6) is 11.6 Å². The van der Waals surface area contributed by atoms with Crippen molar-refractivity contribution in [2.24, 2.45) is 0 Å². The molecule has 4 aromatic rings. The molecule has 0 N–H and O–H groups in total. The van der Waals surface area contributed by atoms with Gasteiger partial charge in [0.05, 0.1) is 29.6 Å². The van der Waals surface area contributed by atoms with Crippen molar-refractivity contribution >= 4 is 5.91 Å². The van der Waals surface area contributed by atoms with Crippen molar-refractivity contribution in [3.05, 3.63) is 108 Å². The molecule has 1 aromatic heterocycles. The number of benzene rings is 3. The van der Waals surface area contributed by atoms with E-state index in [1.807, 2.05) is 60.7 Å². The van der Waals surface area contributed by atoms with Crippen molar-refractivity contribution in [2.75, 3.05) is 13.2 Å². The second kappa shape index (κ2) is 11.6. The van der Waals surface area contributed by atoms with Crippen LogP contribution in [-0.2, 0) is 11.3 Å². The first-order chi connectivity index (χ1) is 18.5. The van der Waals surface area contributed by atoms with E-state index in [1.54, 1.807) is 27.8 Å². The highest BCUT2D eigenvalue weighted by molar-refractivity contribution is 5.94. The Balaban J connectivity index is 1.61. The number of hydrogen-bond donors (Lipinski definition) is 0. The van der Waals surface area contributed by atoms with Crippen LogP contribution in [0.1, 0.15) is 54.2 Å². The Labute approximate surface area is 222 Å². The van der Waals surface area contributed by atoms with Gasteiger partial charge >= 0.3 is 0 Å². The lowest BCUT2D eigenvalue weighted by Gasteiger charge is -2.26. The highest BCUT2D eigenvalue weighted by atomic mass is 19.1. The van der Waals surface area contributed by atoms with Gasteiger partial charge in [0.2, 0.25) is 5.88 Å². The van der Waals surface area contributed by atoms with E-state index in [9.17, 15) is 9.18 Å². The molecule has 0 aliphatic carbocycles. The lowest BCUT2D eigenvalue weighted by Crippen LogP contribution is -2.37. The normalized spacial score (nSPS) is 15.1. The summed E-state index contributed by atoms with van der Waals surface area (Å²) in [6.07, 6.45) is 1.84. The predicted molar refractivity (Wildman–Crippen MR) is 144 cm³/mol. The lowest BCUT2D eigenvalue weighted by atomic mass is 10.0. The predicted octanol–water partition coefficient (Wildman–Crippen LogP) is 6.75. The van der Waals surface area contributed by atoms with Crippen LogP contribution in [-0.4, -0.2) is 39.8 Å². The Kier molecular flexibility index (Phi) is 7.84. The molecule has 1 fully saturated rings. The molecule has 1 aliphatic rings. The molecule has 196 valence electrons. The zero-order valence-electron chi connectivity index (χ0n) is 21.7. The number of nitrogens with zero attached hydrogens (tertiary/aromatic N) is 3. The van der Waals surface area contributed by atoms with Crippen molar-refractivity contribution in [1.82, 2.24) is 14.7 Å². The number of carbonyl (C=O) groups is 1. The molecule has 0 saturated carbocycles. The number of carbonyl (C=O) groups excluding carboxylic acids is 1. The van der Waals surface area contributed by atoms with Crippen LogP contribution < -0.4 is 4.74 Å². The monoisotopic (exact) mass is 513 g/mol. The highest BCUT2D eigenvalue weighted by Gasteiger charge is 2.30. The maximum absolute atomic E-state index is 14.8. The molecule has 1 saturated heterocycles. The summed E-state index contributed by atoms with van der Waals surface area (Å²) in [7, 11) is 0. The van der Waals surface area contributed by atoms with E-state index < -0.39 is 5.82 Å². The van der Waals surface area contributed by atoms with Crippen molar-refractivity contribution in [3.63, 3.8) is 0 Å². The Morgan fingerprint density at radius 1 is 1.05 bits per heavy atom. The fourth-order valence-corrected chi connectivity index (χ4v) is 4.75. The van der Waals surface area contributed by atoms with Gasteiger partial charge in [0.1, 0.15) is 0 Å². The van der Waals surface area contributed by atoms with Gasteiger partial charge in [-0.1, -0.05) is 62.4 Å². The van der Waals surface area contributed by atoms with E-state index in [4.69, 9.17) is 14.6 Å². The third kappa shape index (κ3) is 5.63. The average Bonchev–Trinajstić information content (AvgIpc) is 3.58. The van der Waals surface area contributed by atoms with Crippen LogP contribution in [0.2, 0.25) is 0 Å². The number of halogens is 1. The molecular weight excluding hydrogens is 481 g/mol. The number of aromatic nitrogens is 2. The third-order valence-corrected chi connectivity index (χ3v) is 6.66. The average molecular weight is 514 g/mol. The van der Waals surface area contributed by atoms with E-state index in [2.05, 4.69) is 13.8 Å². The van der Waals surface area contributed by atoms with Gasteiger partial charge in [0.15, 0.2) is 11.6 Å². The van der Waals surface area contributed by atoms with Gasteiger partial charge in [-0.15, -0.1) is 0 Å². The van der Waals surface area contributed by atoms with Crippen molar-refractivity contribution in [1.29, 1.82) is 0 Å². The first-order valence-corrected chi connectivity index (χ1v) is 13.1. The largest absolute Gasteiger partial charge is 0.435 e. The highest BCUT2D eigenvalue weighted by Crippen LogP contribution is 2.36. The van der Waals surface area contributed by atoms with Crippen LogP contribution in [0.25, 0.3) is 5.69 Å². The molecule has 0 spiro atoms. The smallest absolute Gasteiger partial charge is 0.254 e. The SMILES string of the molecule is CC(C)c1nn(-c2ccccc2)c(Oc2ccccc2F)c1CN(C[C@@H]1CCCO1)C(=O)c1ccccc1. The fraction of sp³-hybridized carbons (Fsp3) is 0.290. The minimum Gasteiger partial charge on any atom is -0.435 e. The zero-order valence-corrected chi connectivity index (χ0v) is 21.7. The summed E-state index contributed by atoms with van der Waals surface area (Å²) >= 11 is 0. The number of hydrogen-bond acceptors (Lipinski definition) is 4. The zero-order chi connectivity index (χ0) is 26.5. The molecule has 7 heteroatoms. The van der Waals surface area contributed by atoms with Gasteiger partial charge < -0.3 is 14.4 Å². The van der Waals surface area contributed by atoms with Gasteiger partial charge in [-0.05, 0) is 55.2 Å². The maximum atomic E-state index is 14.8. The summed E-state index contributed by atoms with van der Waals surface area (Å²) in [6, 6.07) is 25.2. The molecule has 5 rings (SSSR count).